The maximum absolute atomic E-state index is 14.0. The molecule has 2 heterocycles. The number of nitrogens with one attached hydrogen (secondary N) is 1. The van der Waals surface area contributed by atoms with Crippen LogP contribution in [0, 0.1) is 5.82 Å². The van der Waals surface area contributed by atoms with Crippen LogP contribution in [0.5, 0.6) is 11.5 Å². The number of carbonyl (C=O) groups excluding carboxylic acids is 3. The van der Waals surface area contributed by atoms with Crippen molar-refractivity contribution in [3.8, 4) is 11.5 Å². The molecule has 0 bridgehead atoms. The van der Waals surface area contributed by atoms with Crippen molar-refractivity contribution in [2.24, 2.45) is 0 Å². The van der Waals surface area contributed by atoms with Crippen LogP contribution in [0.1, 0.15) is 71.5 Å². The topological polar surface area (TPSA) is 110 Å². The smallest absolute Gasteiger partial charge is 0.278 e. The summed E-state index contributed by atoms with van der Waals surface area (Å²) in [5.74, 6) is -2.19. The van der Waals surface area contributed by atoms with Crippen LogP contribution in [0.2, 0.25) is 0 Å². The fourth-order valence-corrected chi connectivity index (χ4v) is 4.86. The molecule has 0 spiro atoms. The average Bonchev–Trinajstić information content (AvgIpc) is 3.04. The number of benzene rings is 2. The maximum Gasteiger partial charge on any atom is 0.278 e. The van der Waals surface area contributed by atoms with E-state index in [1.807, 2.05) is 32.0 Å². The molecule has 4 rings (SSSR count). The summed E-state index contributed by atoms with van der Waals surface area (Å²) in [6.45, 7) is 11.0. The lowest BCUT2D eigenvalue weighted by Crippen LogP contribution is -2.58. The molecular weight excluding hydrogens is 591 g/mol. The molecule has 0 aliphatic carbocycles. The van der Waals surface area contributed by atoms with Crippen LogP contribution < -0.4 is 25.2 Å². The van der Waals surface area contributed by atoms with Crippen LogP contribution in [-0.2, 0) is 17.9 Å². The number of pyridine rings is 1. The van der Waals surface area contributed by atoms with Crippen molar-refractivity contribution < 1.29 is 28.2 Å². The van der Waals surface area contributed by atoms with Crippen LogP contribution >= 0.6 is 0 Å². The second kappa shape index (κ2) is 15.7. The first-order chi connectivity index (χ1) is 22.2. The van der Waals surface area contributed by atoms with E-state index in [-0.39, 0.29) is 67.6 Å². The van der Waals surface area contributed by atoms with Gasteiger partial charge in [-0.2, -0.15) is 0 Å². The molecule has 11 heteroatoms. The summed E-state index contributed by atoms with van der Waals surface area (Å²) in [5.41, 5.74) is -0.0701. The van der Waals surface area contributed by atoms with Gasteiger partial charge < -0.3 is 19.7 Å². The standard InChI is InChI=1S/C35H39FN4O6/c1-5-7-10-15-30(41)40-23-38(24(3)4)35(44)31-33(46-22-25-13-11-9-12-14-25)32(42)28(21-39(31)40)34(43)37-20-26-16-17-27(36)19-29(26)45-18-8-6-2/h5-6,9,11-14,16-17,19,21,24H,1-2,7-8,10,15,18,20,22-23H2,3-4H3,(H,37,43). The molecule has 0 unspecified atom stereocenters. The fraction of sp³-hybridized carbons (Fsp3) is 0.314. The second-order valence-electron chi connectivity index (χ2n) is 11.0. The Bertz CT molecular complexity index is 1650. The van der Waals surface area contributed by atoms with Gasteiger partial charge in [0.05, 0.1) is 6.61 Å². The number of hydrogen-bond acceptors (Lipinski definition) is 6. The minimum absolute atomic E-state index is 0.0582. The first-order valence-corrected chi connectivity index (χ1v) is 15.2. The van der Waals surface area contributed by atoms with Crippen molar-refractivity contribution in [3.05, 3.63) is 118 Å². The quantitative estimate of drug-likeness (QED) is 0.185. The third-order valence-electron chi connectivity index (χ3n) is 7.39. The lowest BCUT2D eigenvalue weighted by atomic mass is 10.1. The van der Waals surface area contributed by atoms with Gasteiger partial charge in [0.1, 0.15) is 30.4 Å². The number of amides is 3. The lowest BCUT2D eigenvalue weighted by Gasteiger charge is -2.40. The molecule has 1 aliphatic rings. The van der Waals surface area contributed by atoms with Gasteiger partial charge in [0.2, 0.25) is 11.3 Å². The van der Waals surface area contributed by atoms with E-state index in [0.29, 0.717) is 24.8 Å². The van der Waals surface area contributed by atoms with Crippen molar-refractivity contribution >= 4 is 17.7 Å². The summed E-state index contributed by atoms with van der Waals surface area (Å²) in [7, 11) is 0. The van der Waals surface area contributed by atoms with Crippen LogP contribution in [0.25, 0.3) is 0 Å². The van der Waals surface area contributed by atoms with Gasteiger partial charge >= 0.3 is 0 Å². The number of rotatable bonds is 15. The average molecular weight is 631 g/mol. The Balaban J connectivity index is 1.76. The van der Waals surface area contributed by atoms with E-state index < -0.39 is 23.1 Å². The zero-order valence-corrected chi connectivity index (χ0v) is 26.2. The summed E-state index contributed by atoms with van der Waals surface area (Å²) in [4.78, 5) is 56.4. The summed E-state index contributed by atoms with van der Waals surface area (Å²) in [6, 6.07) is 12.7. The molecule has 0 saturated carbocycles. The molecule has 1 aromatic heterocycles. The molecule has 2 aromatic carbocycles. The van der Waals surface area contributed by atoms with Gasteiger partial charge in [0.25, 0.3) is 11.8 Å². The van der Waals surface area contributed by atoms with Gasteiger partial charge in [0.15, 0.2) is 11.4 Å². The van der Waals surface area contributed by atoms with Crippen LogP contribution in [0.4, 0.5) is 4.39 Å². The zero-order valence-electron chi connectivity index (χ0n) is 26.2. The zero-order chi connectivity index (χ0) is 33.2. The molecule has 1 N–H and O–H groups in total. The molecule has 0 radical (unpaired) electrons. The largest absolute Gasteiger partial charge is 0.493 e. The van der Waals surface area contributed by atoms with E-state index in [2.05, 4.69) is 18.5 Å². The highest BCUT2D eigenvalue weighted by Crippen LogP contribution is 2.26. The highest BCUT2D eigenvalue weighted by atomic mass is 19.1. The number of carbonyl (C=O) groups is 3. The summed E-state index contributed by atoms with van der Waals surface area (Å²) in [6.07, 6.45) is 6.42. The Morgan fingerprint density at radius 1 is 1.04 bits per heavy atom. The van der Waals surface area contributed by atoms with Crippen LogP contribution in [0.15, 0.2) is 84.8 Å². The number of aromatic nitrogens is 1. The third-order valence-corrected chi connectivity index (χ3v) is 7.39. The molecule has 0 fully saturated rings. The van der Waals surface area contributed by atoms with Gasteiger partial charge in [-0.15, -0.1) is 13.2 Å². The second-order valence-corrected chi connectivity index (χ2v) is 11.0. The van der Waals surface area contributed by atoms with E-state index >= 15 is 0 Å². The molecule has 10 nitrogen and oxygen atoms in total. The normalized spacial score (nSPS) is 12.5. The Morgan fingerprint density at radius 2 is 1.78 bits per heavy atom. The van der Waals surface area contributed by atoms with E-state index in [4.69, 9.17) is 9.47 Å². The van der Waals surface area contributed by atoms with Gasteiger partial charge in [-0.1, -0.05) is 48.6 Å². The number of fused-ring (bicyclic) bond motifs is 1. The molecule has 46 heavy (non-hydrogen) atoms. The molecule has 0 saturated heterocycles. The van der Waals surface area contributed by atoms with Gasteiger partial charge in [-0.25, -0.2) is 14.1 Å². The first-order valence-electron chi connectivity index (χ1n) is 15.2. The molecule has 3 amide bonds. The van der Waals surface area contributed by atoms with E-state index in [0.717, 1.165) is 5.56 Å². The minimum Gasteiger partial charge on any atom is -0.493 e. The Morgan fingerprint density at radius 3 is 2.48 bits per heavy atom. The highest BCUT2D eigenvalue weighted by molar-refractivity contribution is 6.01. The summed E-state index contributed by atoms with van der Waals surface area (Å²) in [5, 5.41) is 4.04. The molecular formula is C35H39FN4O6. The van der Waals surface area contributed by atoms with Crippen LogP contribution in [-0.4, -0.2) is 46.6 Å². The van der Waals surface area contributed by atoms with Crippen molar-refractivity contribution in [1.29, 1.82) is 0 Å². The Hall–Kier alpha value is -5.19. The van der Waals surface area contributed by atoms with Crippen molar-refractivity contribution in [1.82, 2.24) is 14.9 Å². The molecule has 0 atom stereocenters. The van der Waals surface area contributed by atoms with E-state index in [1.165, 1.54) is 39.0 Å². The first kappa shape index (κ1) is 33.7. The maximum atomic E-state index is 14.0. The monoisotopic (exact) mass is 630 g/mol. The van der Waals surface area contributed by atoms with Gasteiger partial charge in [0, 0.05) is 36.8 Å². The molecule has 242 valence electrons. The number of nitrogens with zero attached hydrogens (tertiary/aromatic N) is 3. The highest BCUT2D eigenvalue weighted by Gasteiger charge is 2.38. The summed E-state index contributed by atoms with van der Waals surface area (Å²) < 4.78 is 26.9. The van der Waals surface area contributed by atoms with E-state index in [1.54, 1.807) is 24.3 Å². The Labute approximate surface area is 267 Å². The van der Waals surface area contributed by atoms with E-state index in [9.17, 15) is 23.6 Å². The fourth-order valence-electron chi connectivity index (χ4n) is 4.86. The Kier molecular flexibility index (Phi) is 11.5. The number of unbranched alkanes of at least 4 members (excludes halogenated alkanes) is 1. The van der Waals surface area contributed by atoms with Crippen molar-refractivity contribution in [3.63, 3.8) is 0 Å². The SMILES string of the molecule is C=CCCCC(=O)N1CN(C(C)C)C(=O)c2c(OCc3ccccc3)c(=O)c(C(=O)NCc3ccc(F)cc3OCCC=C)cn21. The van der Waals surface area contributed by atoms with Crippen molar-refractivity contribution in [2.45, 2.75) is 58.7 Å². The van der Waals surface area contributed by atoms with Crippen LogP contribution in [0.3, 0.4) is 0 Å². The molecule has 3 aromatic rings. The predicted octanol–water partition coefficient (Wildman–Crippen LogP) is 5.09. The number of hydrogen-bond donors (Lipinski definition) is 1. The number of ether oxygens (including phenoxy) is 2. The van der Waals surface area contributed by atoms with Gasteiger partial charge in [-0.3, -0.25) is 19.2 Å². The third kappa shape index (κ3) is 7.90. The minimum atomic E-state index is -0.806. The number of allylic oxidation sites excluding steroid dienone is 1. The summed E-state index contributed by atoms with van der Waals surface area (Å²) >= 11 is 0. The lowest BCUT2D eigenvalue weighted by molar-refractivity contribution is -0.121. The van der Waals surface area contributed by atoms with Gasteiger partial charge in [-0.05, 0) is 44.7 Å². The predicted molar refractivity (Wildman–Crippen MR) is 173 cm³/mol. The number of halogens is 1. The van der Waals surface area contributed by atoms with Crippen molar-refractivity contribution in [2.75, 3.05) is 18.3 Å². The molecule has 1 aliphatic heterocycles.